The molecule has 2 rings (SSSR count). The first-order valence-corrected chi connectivity index (χ1v) is 3.90. The molecule has 0 radical (unpaired) electrons. The SMILES string of the molecule is O=C1C(=O)C2(C(=O)O)CCC1C2. The van der Waals surface area contributed by atoms with Gasteiger partial charge >= 0.3 is 5.97 Å². The van der Waals surface area contributed by atoms with E-state index in [0.29, 0.717) is 12.8 Å². The van der Waals surface area contributed by atoms with Crippen molar-refractivity contribution in [3.8, 4) is 0 Å². The molecule has 2 bridgehead atoms. The summed E-state index contributed by atoms with van der Waals surface area (Å²) < 4.78 is 0. The van der Waals surface area contributed by atoms with Crippen LogP contribution < -0.4 is 0 Å². The van der Waals surface area contributed by atoms with Crippen LogP contribution in [0, 0.1) is 11.3 Å². The van der Waals surface area contributed by atoms with Crippen molar-refractivity contribution in [3.63, 3.8) is 0 Å². The number of carbonyl (C=O) groups excluding carboxylic acids is 2. The number of carboxylic acids is 1. The standard InChI is InChI=1S/C8H8O4/c9-5-4-1-2-8(3-4,6(5)10)7(11)12/h4H,1-3H2,(H,11,12). The van der Waals surface area contributed by atoms with Crippen LogP contribution in [0.25, 0.3) is 0 Å². The van der Waals surface area contributed by atoms with Crippen LogP contribution in [0.4, 0.5) is 0 Å². The number of aliphatic carboxylic acids is 1. The Hall–Kier alpha value is -1.19. The molecule has 4 heteroatoms. The molecular weight excluding hydrogens is 160 g/mol. The van der Waals surface area contributed by atoms with Crippen LogP contribution >= 0.6 is 0 Å². The number of carboxylic acid groups (broad SMARTS) is 1. The van der Waals surface area contributed by atoms with E-state index in [1.54, 1.807) is 0 Å². The molecule has 1 N–H and O–H groups in total. The van der Waals surface area contributed by atoms with Crippen molar-refractivity contribution in [3.05, 3.63) is 0 Å². The lowest BCUT2D eigenvalue weighted by Crippen LogP contribution is -2.38. The Morgan fingerprint density at radius 2 is 2.17 bits per heavy atom. The average molecular weight is 168 g/mol. The number of fused-ring (bicyclic) bond motifs is 2. The second-order valence-corrected chi connectivity index (χ2v) is 3.52. The summed E-state index contributed by atoms with van der Waals surface area (Å²) in [5.74, 6) is -2.57. The zero-order valence-electron chi connectivity index (χ0n) is 6.37. The van der Waals surface area contributed by atoms with Crippen LogP contribution in [0.15, 0.2) is 0 Å². The van der Waals surface area contributed by atoms with Gasteiger partial charge in [-0.15, -0.1) is 0 Å². The van der Waals surface area contributed by atoms with E-state index in [1.807, 2.05) is 0 Å². The maximum atomic E-state index is 11.2. The summed E-state index contributed by atoms with van der Waals surface area (Å²) in [6, 6.07) is 0. The molecule has 0 aromatic carbocycles. The van der Waals surface area contributed by atoms with Crippen LogP contribution in [-0.2, 0) is 14.4 Å². The molecule has 2 saturated carbocycles. The van der Waals surface area contributed by atoms with E-state index in [0.717, 1.165) is 0 Å². The molecule has 2 aliphatic carbocycles. The molecule has 0 amide bonds. The topological polar surface area (TPSA) is 71.4 Å². The van der Waals surface area contributed by atoms with E-state index in [-0.39, 0.29) is 12.3 Å². The Morgan fingerprint density at radius 1 is 1.50 bits per heavy atom. The van der Waals surface area contributed by atoms with Crippen LogP contribution in [0.3, 0.4) is 0 Å². The minimum atomic E-state index is -1.33. The van der Waals surface area contributed by atoms with E-state index in [2.05, 4.69) is 0 Å². The molecule has 64 valence electrons. The van der Waals surface area contributed by atoms with Gasteiger partial charge in [0.05, 0.1) is 0 Å². The average Bonchev–Trinajstić information content (AvgIpc) is 2.53. The summed E-state index contributed by atoms with van der Waals surface area (Å²) in [5, 5.41) is 8.81. The maximum Gasteiger partial charge on any atom is 0.317 e. The summed E-state index contributed by atoms with van der Waals surface area (Å²) in [7, 11) is 0. The summed E-state index contributed by atoms with van der Waals surface area (Å²) >= 11 is 0. The number of rotatable bonds is 1. The normalized spacial score (nSPS) is 39.2. The van der Waals surface area contributed by atoms with Gasteiger partial charge in [-0.2, -0.15) is 0 Å². The van der Waals surface area contributed by atoms with Gasteiger partial charge in [0, 0.05) is 5.92 Å². The molecule has 0 aromatic heterocycles. The predicted octanol–water partition coefficient (Wildman–Crippen LogP) is 0.00930. The van der Waals surface area contributed by atoms with Crippen LogP contribution in [0.5, 0.6) is 0 Å². The zero-order chi connectivity index (χ0) is 8.93. The highest BCUT2D eigenvalue weighted by Crippen LogP contribution is 2.49. The molecule has 0 aliphatic heterocycles. The van der Waals surface area contributed by atoms with Gasteiger partial charge < -0.3 is 5.11 Å². The number of hydrogen-bond acceptors (Lipinski definition) is 3. The van der Waals surface area contributed by atoms with Gasteiger partial charge in [-0.25, -0.2) is 0 Å². The zero-order valence-corrected chi connectivity index (χ0v) is 6.37. The summed E-state index contributed by atoms with van der Waals surface area (Å²) in [4.78, 5) is 33.0. The number of ketones is 2. The lowest BCUT2D eigenvalue weighted by molar-refractivity contribution is -0.156. The van der Waals surface area contributed by atoms with Gasteiger partial charge in [0.1, 0.15) is 5.41 Å². The molecule has 0 heterocycles. The van der Waals surface area contributed by atoms with Crippen molar-refractivity contribution in [1.82, 2.24) is 0 Å². The highest BCUT2D eigenvalue weighted by Gasteiger charge is 2.62. The van der Waals surface area contributed by atoms with Gasteiger partial charge in [-0.3, -0.25) is 14.4 Å². The van der Waals surface area contributed by atoms with Crippen molar-refractivity contribution in [1.29, 1.82) is 0 Å². The number of hydrogen-bond donors (Lipinski definition) is 1. The summed E-state index contributed by atoms with van der Waals surface area (Å²) in [6.07, 6.45) is 1.15. The van der Waals surface area contributed by atoms with Crippen LogP contribution in [-0.4, -0.2) is 22.6 Å². The lowest BCUT2D eigenvalue weighted by Gasteiger charge is -2.17. The Morgan fingerprint density at radius 3 is 2.50 bits per heavy atom. The molecule has 0 spiro atoms. The van der Waals surface area contributed by atoms with E-state index < -0.39 is 23.0 Å². The fourth-order valence-corrected chi connectivity index (χ4v) is 2.19. The highest BCUT2D eigenvalue weighted by molar-refractivity contribution is 6.46. The number of carbonyl (C=O) groups is 3. The molecule has 2 unspecified atom stereocenters. The van der Waals surface area contributed by atoms with Crippen molar-refractivity contribution in [2.45, 2.75) is 19.3 Å². The highest BCUT2D eigenvalue weighted by atomic mass is 16.4. The molecule has 2 atom stereocenters. The Balaban J connectivity index is 2.46. The van der Waals surface area contributed by atoms with Crippen LogP contribution in [0.1, 0.15) is 19.3 Å². The Kier molecular flexibility index (Phi) is 1.21. The molecule has 2 fully saturated rings. The monoisotopic (exact) mass is 168 g/mol. The first kappa shape index (κ1) is 7.46. The first-order chi connectivity index (χ1) is 5.58. The van der Waals surface area contributed by atoms with Crippen molar-refractivity contribution >= 4 is 17.5 Å². The fraction of sp³-hybridized carbons (Fsp3) is 0.625. The fourth-order valence-electron chi connectivity index (χ4n) is 2.19. The van der Waals surface area contributed by atoms with Gasteiger partial charge in [-0.1, -0.05) is 0 Å². The van der Waals surface area contributed by atoms with E-state index in [9.17, 15) is 14.4 Å². The van der Waals surface area contributed by atoms with Crippen molar-refractivity contribution in [2.75, 3.05) is 0 Å². The Labute approximate surface area is 68.6 Å². The Bertz CT molecular complexity index is 293. The van der Waals surface area contributed by atoms with E-state index >= 15 is 0 Å². The second kappa shape index (κ2) is 1.94. The van der Waals surface area contributed by atoms with Crippen LogP contribution in [0.2, 0.25) is 0 Å². The molecule has 0 aromatic rings. The summed E-state index contributed by atoms with van der Waals surface area (Å²) in [5.41, 5.74) is -1.33. The van der Waals surface area contributed by atoms with Gasteiger partial charge in [0.15, 0.2) is 0 Å². The minimum absolute atomic E-state index is 0.236. The number of Topliss-reactive ketones (excluding diaryl/α,β-unsaturated/α-hetero) is 2. The molecule has 12 heavy (non-hydrogen) atoms. The molecular formula is C8H8O4. The second-order valence-electron chi connectivity index (χ2n) is 3.52. The van der Waals surface area contributed by atoms with Crippen molar-refractivity contribution in [2.24, 2.45) is 11.3 Å². The van der Waals surface area contributed by atoms with Gasteiger partial charge in [0.2, 0.25) is 11.6 Å². The minimum Gasteiger partial charge on any atom is -0.480 e. The van der Waals surface area contributed by atoms with Gasteiger partial charge in [0.25, 0.3) is 0 Å². The third-order valence-corrected chi connectivity index (χ3v) is 2.95. The molecule has 4 nitrogen and oxygen atoms in total. The predicted molar refractivity (Wildman–Crippen MR) is 37.4 cm³/mol. The van der Waals surface area contributed by atoms with E-state index in [4.69, 9.17) is 5.11 Å². The quantitative estimate of drug-likeness (QED) is 0.442. The molecule has 0 saturated heterocycles. The maximum absolute atomic E-state index is 11.2. The smallest absolute Gasteiger partial charge is 0.317 e. The van der Waals surface area contributed by atoms with Gasteiger partial charge in [-0.05, 0) is 19.3 Å². The third kappa shape index (κ3) is 0.605. The summed E-state index contributed by atoms with van der Waals surface area (Å²) in [6.45, 7) is 0. The van der Waals surface area contributed by atoms with Crippen molar-refractivity contribution < 1.29 is 19.5 Å². The van der Waals surface area contributed by atoms with E-state index in [1.165, 1.54) is 0 Å². The first-order valence-electron chi connectivity index (χ1n) is 3.90. The lowest BCUT2D eigenvalue weighted by atomic mass is 9.83. The molecule has 2 aliphatic rings. The largest absolute Gasteiger partial charge is 0.480 e. The third-order valence-electron chi connectivity index (χ3n) is 2.95.